The Morgan fingerprint density at radius 3 is 2.69 bits per heavy atom. The second-order valence-electron chi connectivity index (χ2n) is 3.12. The third kappa shape index (κ3) is 1.22. The van der Waals surface area contributed by atoms with E-state index in [4.69, 9.17) is 4.74 Å². The molecule has 0 fully saturated rings. The minimum Gasteiger partial charge on any atom is -0.496 e. The van der Waals surface area contributed by atoms with Crippen molar-refractivity contribution in [1.29, 1.82) is 0 Å². The van der Waals surface area contributed by atoms with Gasteiger partial charge in [-0.1, -0.05) is 6.07 Å². The van der Waals surface area contributed by atoms with Crippen LogP contribution in [0.4, 0.5) is 0 Å². The molecule has 0 radical (unpaired) electrons. The molecule has 1 aromatic carbocycles. The number of aryl methyl sites for hydroxylation is 2. The molecule has 0 spiro atoms. The molecule has 2 heteroatoms. The Kier molecular flexibility index (Phi) is 2.00. The maximum Gasteiger partial charge on any atom is 0.127 e. The van der Waals surface area contributed by atoms with Gasteiger partial charge in [-0.2, -0.15) is 0 Å². The number of hydrogen-bond donors (Lipinski definition) is 0. The van der Waals surface area contributed by atoms with Crippen molar-refractivity contribution < 1.29 is 4.74 Å². The second kappa shape index (κ2) is 3.04. The fraction of sp³-hybridized carbons (Fsp3) is 0.273. The van der Waals surface area contributed by atoms with Gasteiger partial charge in [0.1, 0.15) is 5.75 Å². The highest BCUT2D eigenvalue weighted by Gasteiger charge is 2.08. The maximum atomic E-state index is 5.33. The van der Waals surface area contributed by atoms with Gasteiger partial charge >= 0.3 is 0 Å². The fourth-order valence-corrected chi connectivity index (χ4v) is 2.64. The summed E-state index contributed by atoms with van der Waals surface area (Å²) in [7, 11) is 1.72. The quantitative estimate of drug-likeness (QED) is 0.671. The van der Waals surface area contributed by atoms with E-state index in [-0.39, 0.29) is 0 Å². The monoisotopic (exact) mass is 192 g/mol. The Morgan fingerprint density at radius 1 is 1.23 bits per heavy atom. The lowest BCUT2D eigenvalue weighted by Crippen LogP contribution is -1.83. The highest BCUT2D eigenvalue weighted by molar-refractivity contribution is 7.19. The summed E-state index contributed by atoms with van der Waals surface area (Å²) in [5, 5.41) is 1.27. The lowest BCUT2D eigenvalue weighted by molar-refractivity contribution is 0.420. The minimum atomic E-state index is 0.986. The van der Waals surface area contributed by atoms with Crippen LogP contribution in [-0.4, -0.2) is 7.11 Å². The Labute approximate surface area is 82.0 Å². The summed E-state index contributed by atoms with van der Waals surface area (Å²) in [5.41, 5.74) is 1.34. The van der Waals surface area contributed by atoms with E-state index in [0.29, 0.717) is 0 Å². The van der Waals surface area contributed by atoms with Crippen LogP contribution in [0, 0.1) is 13.8 Å². The minimum absolute atomic E-state index is 0.986. The van der Waals surface area contributed by atoms with Gasteiger partial charge in [-0.3, -0.25) is 0 Å². The molecule has 1 aromatic heterocycles. The van der Waals surface area contributed by atoms with Gasteiger partial charge in [-0.05, 0) is 31.5 Å². The van der Waals surface area contributed by atoms with E-state index in [1.165, 1.54) is 20.5 Å². The van der Waals surface area contributed by atoms with Crippen LogP contribution in [0.5, 0.6) is 5.75 Å². The van der Waals surface area contributed by atoms with E-state index in [9.17, 15) is 0 Å². The first-order chi connectivity index (χ1) is 6.24. The molecular weight excluding hydrogens is 180 g/mol. The van der Waals surface area contributed by atoms with Crippen LogP contribution in [-0.2, 0) is 0 Å². The highest BCUT2D eigenvalue weighted by Crippen LogP contribution is 2.36. The van der Waals surface area contributed by atoms with Gasteiger partial charge in [0, 0.05) is 15.0 Å². The second-order valence-corrected chi connectivity index (χ2v) is 4.37. The third-order valence-electron chi connectivity index (χ3n) is 2.37. The fourth-order valence-electron chi connectivity index (χ4n) is 1.55. The van der Waals surface area contributed by atoms with Crippen LogP contribution in [0.2, 0.25) is 0 Å². The van der Waals surface area contributed by atoms with Crippen molar-refractivity contribution in [2.75, 3.05) is 7.11 Å². The van der Waals surface area contributed by atoms with E-state index in [1.807, 2.05) is 23.5 Å². The van der Waals surface area contributed by atoms with Gasteiger partial charge in [0.25, 0.3) is 0 Å². The molecule has 13 heavy (non-hydrogen) atoms. The average Bonchev–Trinajstić information content (AvgIpc) is 2.43. The Balaban J connectivity index is 2.87. The predicted molar refractivity (Wildman–Crippen MR) is 57.9 cm³/mol. The van der Waals surface area contributed by atoms with E-state index in [2.05, 4.69) is 19.9 Å². The summed E-state index contributed by atoms with van der Waals surface area (Å²) in [6.07, 6.45) is 0. The molecule has 0 aliphatic carbocycles. The maximum absolute atomic E-state index is 5.33. The number of rotatable bonds is 1. The van der Waals surface area contributed by atoms with Gasteiger partial charge in [0.15, 0.2) is 0 Å². The molecular formula is C11H12OS. The zero-order valence-corrected chi connectivity index (χ0v) is 8.87. The first kappa shape index (κ1) is 8.57. The Bertz CT molecular complexity index is 443. The van der Waals surface area contributed by atoms with Crippen molar-refractivity contribution in [3.63, 3.8) is 0 Å². The molecule has 0 atom stereocenters. The van der Waals surface area contributed by atoms with E-state index in [1.54, 1.807) is 7.11 Å². The summed E-state index contributed by atoms with van der Waals surface area (Å²) >= 11 is 1.83. The zero-order valence-electron chi connectivity index (χ0n) is 8.05. The summed E-state index contributed by atoms with van der Waals surface area (Å²) in [4.78, 5) is 1.37. The number of methoxy groups -OCH3 is 1. The van der Waals surface area contributed by atoms with Crippen LogP contribution in [0.1, 0.15) is 10.4 Å². The zero-order chi connectivity index (χ0) is 9.42. The van der Waals surface area contributed by atoms with Crippen LogP contribution in [0.15, 0.2) is 18.2 Å². The highest BCUT2D eigenvalue weighted by atomic mass is 32.1. The number of fused-ring (bicyclic) bond motifs is 1. The molecule has 2 rings (SSSR count). The van der Waals surface area contributed by atoms with Gasteiger partial charge in [0.05, 0.1) is 7.11 Å². The summed E-state index contributed by atoms with van der Waals surface area (Å²) in [6, 6.07) is 6.20. The first-order valence-electron chi connectivity index (χ1n) is 4.26. The van der Waals surface area contributed by atoms with Gasteiger partial charge < -0.3 is 4.74 Å². The first-order valence-corrected chi connectivity index (χ1v) is 5.08. The van der Waals surface area contributed by atoms with Crippen LogP contribution in [0.25, 0.3) is 10.1 Å². The summed E-state index contributed by atoms with van der Waals surface area (Å²) < 4.78 is 6.64. The third-order valence-corrected chi connectivity index (χ3v) is 3.55. The molecule has 0 saturated heterocycles. The lowest BCUT2D eigenvalue weighted by Gasteiger charge is -2.01. The molecule has 0 amide bonds. The van der Waals surface area contributed by atoms with Crippen molar-refractivity contribution in [3.8, 4) is 5.75 Å². The number of hydrogen-bond acceptors (Lipinski definition) is 2. The molecule has 0 aliphatic rings. The van der Waals surface area contributed by atoms with Crippen molar-refractivity contribution in [3.05, 3.63) is 28.6 Å². The standard InChI is InChI=1S/C11H12OS/c1-7-8(2)13-10-6-4-5-9(12-3)11(7)10/h4-6H,1-3H3. The number of ether oxygens (including phenoxy) is 1. The van der Waals surface area contributed by atoms with Crippen molar-refractivity contribution in [2.24, 2.45) is 0 Å². The smallest absolute Gasteiger partial charge is 0.127 e. The Morgan fingerprint density at radius 2 is 2.00 bits per heavy atom. The molecule has 0 unspecified atom stereocenters. The molecule has 1 nitrogen and oxygen atoms in total. The molecule has 2 aromatic rings. The number of thiophene rings is 1. The largest absolute Gasteiger partial charge is 0.496 e. The summed E-state index contributed by atoms with van der Waals surface area (Å²) in [6.45, 7) is 4.30. The molecule has 0 N–H and O–H groups in total. The predicted octanol–water partition coefficient (Wildman–Crippen LogP) is 3.53. The van der Waals surface area contributed by atoms with Gasteiger partial charge in [-0.15, -0.1) is 11.3 Å². The Hall–Kier alpha value is -1.02. The van der Waals surface area contributed by atoms with Crippen molar-refractivity contribution in [1.82, 2.24) is 0 Å². The van der Waals surface area contributed by atoms with E-state index >= 15 is 0 Å². The SMILES string of the molecule is COc1cccc2sc(C)c(C)c12. The van der Waals surface area contributed by atoms with Crippen LogP contribution in [0.3, 0.4) is 0 Å². The number of benzene rings is 1. The van der Waals surface area contributed by atoms with Crippen LogP contribution >= 0.6 is 11.3 Å². The van der Waals surface area contributed by atoms with Crippen LogP contribution < -0.4 is 4.74 Å². The molecule has 0 bridgehead atoms. The summed E-state index contributed by atoms with van der Waals surface area (Å²) in [5.74, 6) is 0.986. The molecule has 0 saturated carbocycles. The van der Waals surface area contributed by atoms with E-state index in [0.717, 1.165) is 5.75 Å². The lowest BCUT2D eigenvalue weighted by atomic mass is 10.1. The molecule has 0 aliphatic heterocycles. The molecule has 1 heterocycles. The van der Waals surface area contributed by atoms with Crippen molar-refractivity contribution >= 4 is 21.4 Å². The topological polar surface area (TPSA) is 9.23 Å². The normalized spacial score (nSPS) is 10.7. The average molecular weight is 192 g/mol. The van der Waals surface area contributed by atoms with E-state index < -0.39 is 0 Å². The van der Waals surface area contributed by atoms with Gasteiger partial charge in [-0.25, -0.2) is 0 Å². The van der Waals surface area contributed by atoms with Gasteiger partial charge in [0.2, 0.25) is 0 Å². The molecule has 68 valence electrons. The van der Waals surface area contributed by atoms with Crippen molar-refractivity contribution in [2.45, 2.75) is 13.8 Å².